The summed E-state index contributed by atoms with van der Waals surface area (Å²) in [4.78, 5) is 31.8. The highest BCUT2D eigenvalue weighted by Crippen LogP contribution is 2.37. The number of nitrogens with one attached hydrogen (secondary N) is 1. The largest absolute Gasteiger partial charge is 0.432 e. The zero-order valence-corrected chi connectivity index (χ0v) is 22.7. The van der Waals surface area contributed by atoms with Gasteiger partial charge in [0.1, 0.15) is 5.69 Å². The van der Waals surface area contributed by atoms with Crippen molar-refractivity contribution in [2.45, 2.75) is 12.8 Å². The molecule has 39 heavy (non-hydrogen) atoms. The summed E-state index contributed by atoms with van der Waals surface area (Å²) in [6.45, 7) is 0.293. The van der Waals surface area contributed by atoms with Gasteiger partial charge < -0.3 is 9.25 Å². The molecule has 0 unspecified atom stereocenters. The van der Waals surface area contributed by atoms with Crippen LogP contribution in [0.4, 0.5) is 0 Å². The molecule has 0 atom stereocenters. The van der Waals surface area contributed by atoms with Crippen LogP contribution in [0.3, 0.4) is 0 Å². The molecule has 0 saturated carbocycles. The van der Waals surface area contributed by atoms with Gasteiger partial charge in [0.2, 0.25) is 0 Å². The maximum absolute atomic E-state index is 12.9. The Morgan fingerprint density at radius 1 is 1.18 bits per heavy atom. The first-order chi connectivity index (χ1) is 18.6. The lowest BCUT2D eigenvalue weighted by molar-refractivity contribution is -0.757. The number of nitrogens with zero attached hydrogens (tertiary/aromatic N) is 3. The summed E-state index contributed by atoms with van der Waals surface area (Å²) in [5.74, 6) is 5.21. The van der Waals surface area contributed by atoms with Crippen molar-refractivity contribution >= 4 is 38.9 Å². The molecule has 14 heteroatoms. The Hall–Kier alpha value is -3.63. The average molecular weight is 593 g/mol. The predicted molar refractivity (Wildman–Crippen MR) is 144 cm³/mol. The SMILES string of the molecule is O=C(NN1CCS(=O)(=O)CC1)c1nc(-c2ccc(C#CCCCO[N+](=O)[O-])cc2)c(-c2ccc(Cl)cc2Cl)o1. The maximum Gasteiger partial charge on any atom is 0.321 e. The number of sulfone groups is 1. The van der Waals surface area contributed by atoms with E-state index >= 15 is 0 Å². The molecule has 4 rings (SSSR count). The van der Waals surface area contributed by atoms with Crippen LogP contribution >= 0.6 is 23.2 Å². The van der Waals surface area contributed by atoms with E-state index in [1.807, 2.05) is 0 Å². The van der Waals surface area contributed by atoms with Gasteiger partial charge in [-0.15, -0.1) is 10.1 Å². The van der Waals surface area contributed by atoms with E-state index in [-0.39, 0.29) is 42.9 Å². The van der Waals surface area contributed by atoms with Crippen LogP contribution in [-0.2, 0) is 14.7 Å². The van der Waals surface area contributed by atoms with Crippen molar-refractivity contribution in [2.75, 3.05) is 31.2 Å². The number of amides is 1. The van der Waals surface area contributed by atoms with E-state index in [1.54, 1.807) is 42.5 Å². The molecule has 0 spiro atoms. The van der Waals surface area contributed by atoms with Gasteiger partial charge in [0, 0.05) is 41.2 Å². The van der Waals surface area contributed by atoms with Gasteiger partial charge in [-0.05, 0) is 36.8 Å². The molecule has 1 aliphatic heterocycles. The third-order valence-corrected chi connectivity index (χ3v) is 7.79. The Kier molecular flexibility index (Phi) is 9.08. The average Bonchev–Trinajstić information content (AvgIpc) is 3.33. The molecule has 2 heterocycles. The van der Waals surface area contributed by atoms with Gasteiger partial charge in [-0.1, -0.05) is 47.2 Å². The van der Waals surface area contributed by atoms with Crippen molar-refractivity contribution in [3.8, 4) is 34.4 Å². The molecule has 1 aromatic heterocycles. The van der Waals surface area contributed by atoms with Crippen LogP contribution in [0, 0.1) is 22.0 Å². The van der Waals surface area contributed by atoms with Crippen LogP contribution in [0.15, 0.2) is 46.9 Å². The summed E-state index contributed by atoms with van der Waals surface area (Å²) in [7, 11) is -3.11. The van der Waals surface area contributed by atoms with Crippen LogP contribution in [0.2, 0.25) is 10.0 Å². The molecule has 204 valence electrons. The minimum Gasteiger partial charge on any atom is -0.432 e. The highest BCUT2D eigenvalue weighted by atomic mass is 35.5. The van der Waals surface area contributed by atoms with Gasteiger partial charge in [-0.3, -0.25) is 10.2 Å². The fourth-order valence-corrected chi connectivity index (χ4v) is 5.36. The Morgan fingerprint density at radius 3 is 2.56 bits per heavy atom. The molecule has 11 nitrogen and oxygen atoms in total. The molecule has 1 fully saturated rings. The maximum atomic E-state index is 12.9. The lowest BCUT2D eigenvalue weighted by atomic mass is 10.0. The first-order valence-corrected chi connectivity index (χ1v) is 14.3. The number of carbonyl (C=O) groups excluding carboxylic acids is 1. The Bertz CT molecular complexity index is 1530. The van der Waals surface area contributed by atoms with Crippen molar-refractivity contribution < 1.29 is 27.6 Å². The van der Waals surface area contributed by atoms with E-state index in [1.165, 1.54) is 5.01 Å². The second-order valence-corrected chi connectivity index (χ2v) is 11.6. The highest BCUT2D eigenvalue weighted by molar-refractivity contribution is 7.91. The summed E-state index contributed by atoms with van der Waals surface area (Å²) in [5, 5.41) is 11.6. The number of unbranched alkanes of at least 4 members (excludes halogenated alkanes) is 1. The molecular formula is C25H22Cl2N4O7S. The van der Waals surface area contributed by atoms with E-state index in [0.717, 1.165) is 0 Å². The van der Waals surface area contributed by atoms with Crippen LogP contribution in [0.25, 0.3) is 22.6 Å². The number of oxazole rings is 1. The number of halogens is 2. The third-order valence-electron chi connectivity index (χ3n) is 5.64. The first kappa shape index (κ1) is 28.4. The Balaban J connectivity index is 1.57. The van der Waals surface area contributed by atoms with Crippen LogP contribution in [0.5, 0.6) is 0 Å². The summed E-state index contributed by atoms with van der Waals surface area (Å²) >= 11 is 12.5. The topological polar surface area (TPSA) is 145 Å². The number of rotatable bonds is 8. The zero-order chi connectivity index (χ0) is 28.0. The van der Waals surface area contributed by atoms with E-state index in [4.69, 9.17) is 27.6 Å². The summed E-state index contributed by atoms with van der Waals surface area (Å²) in [5.41, 5.74) is 4.83. The smallest absolute Gasteiger partial charge is 0.321 e. The summed E-state index contributed by atoms with van der Waals surface area (Å²) < 4.78 is 29.3. The minimum atomic E-state index is -3.11. The van der Waals surface area contributed by atoms with Crippen molar-refractivity contribution in [1.82, 2.24) is 15.4 Å². The molecule has 1 N–H and O–H groups in total. The van der Waals surface area contributed by atoms with Gasteiger partial charge in [-0.2, -0.15) is 0 Å². The number of aromatic nitrogens is 1. The number of benzene rings is 2. The fourth-order valence-electron chi connectivity index (χ4n) is 3.66. The molecule has 0 aliphatic carbocycles. The first-order valence-electron chi connectivity index (χ1n) is 11.7. The normalized spacial score (nSPS) is 14.7. The quantitative estimate of drug-likeness (QED) is 0.177. The van der Waals surface area contributed by atoms with Crippen molar-refractivity contribution in [3.05, 3.63) is 74.1 Å². The fraction of sp³-hybridized carbons (Fsp3) is 0.280. The van der Waals surface area contributed by atoms with Gasteiger partial charge in [0.15, 0.2) is 15.6 Å². The molecule has 0 radical (unpaired) electrons. The van der Waals surface area contributed by atoms with Crippen LogP contribution in [0.1, 0.15) is 29.1 Å². The summed E-state index contributed by atoms with van der Waals surface area (Å²) in [6, 6.07) is 11.9. The zero-order valence-electron chi connectivity index (χ0n) is 20.4. The standard InChI is InChI=1S/C25H22Cl2N4O7S/c26-19-9-10-20(21(27)16-19)23-22(18-7-5-17(6-8-18)4-2-1-3-13-37-31(33)34)28-25(38-23)24(32)29-30-11-14-39(35,36)15-12-30/h5-10,16H,1,3,11-15H2,(H,29,32). The predicted octanol–water partition coefficient (Wildman–Crippen LogP) is 4.03. The lowest BCUT2D eigenvalue weighted by Gasteiger charge is -2.26. The monoisotopic (exact) mass is 592 g/mol. The van der Waals surface area contributed by atoms with E-state index in [0.29, 0.717) is 45.3 Å². The Labute approximate surface area is 234 Å². The second kappa shape index (κ2) is 12.5. The third kappa shape index (κ3) is 7.70. The van der Waals surface area contributed by atoms with Gasteiger partial charge in [-0.25, -0.2) is 18.4 Å². The number of hydrogen-bond donors (Lipinski definition) is 1. The van der Waals surface area contributed by atoms with E-state index < -0.39 is 20.8 Å². The van der Waals surface area contributed by atoms with Crippen molar-refractivity contribution in [3.63, 3.8) is 0 Å². The molecule has 0 bridgehead atoms. The van der Waals surface area contributed by atoms with Crippen molar-refractivity contribution in [1.29, 1.82) is 0 Å². The molecule has 1 saturated heterocycles. The molecular weight excluding hydrogens is 571 g/mol. The highest BCUT2D eigenvalue weighted by Gasteiger charge is 2.27. The number of hydrogen-bond acceptors (Lipinski definition) is 9. The van der Waals surface area contributed by atoms with Gasteiger partial charge in [0.05, 0.1) is 23.1 Å². The molecule has 2 aromatic carbocycles. The van der Waals surface area contributed by atoms with Crippen LogP contribution in [-0.4, -0.2) is 60.6 Å². The summed E-state index contributed by atoms with van der Waals surface area (Å²) in [6.07, 6.45) is 0.855. The molecule has 1 amide bonds. The Morgan fingerprint density at radius 2 is 1.90 bits per heavy atom. The molecule has 3 aromatic rings. The molecule has 1 aliphatic rings. The minimum absolute atomic E-state index is 0.0183. The second-order valence-electron chi connectivity index (χ2n) is 8.44. The van der Waals surface area contributed by atoms with E-state index in [9.17, 15) is 23.3 Å². The van der Waals surface area contributed by atoms with Crippen molar-refractivity contribution in [2.24, 2.45) is 0 Å². The van der Waals surface area contributed by atoms with Gasteiger partial charge >= 0.3 is 5.91 Å². The lowest BCUT2D eigenvalue weighted by Crippen LogP contribution is -2.50. The number of hydrazine groups is 1. The van der Waals surface area contributed by atoms with Crippen LogP contribution < -0.4 is 5.43 Å². The number of carbonyl (C=O) groups is 1. The van der Waals surface area contributed by atoms with E-state index in [2.05, 4.69) is 27.1 Å². The van der Waals surface area contributed by atoms with Gasteiger partial charge in [0.25, 0.3) is 11.0 Å².